The molecule has 0 fully saturated rings. The Kier molecular flexibility index (Phi) is 7.13. The SMILES string of the molecule is C[C@H](OC(=O)COc1ccc(F)cc1Cl)C(=O)NNC(=O)c1ccccc1. The number of amides is 2. The first-order valence-corrected chi connectivity index (χ1v) is 8.17. The molecule has 2 N–H and O–H groups in total. The number of carbonyl (C=O) groups excluding carboxylic acids is 3. The van der Waals surface area contributed by atoms with E-state index < -0.39 is 36.3 Å². The van der Waals surface area contributed by atoms with Crippen LogP contribution in [-0.4, -0.2) is 30.5 Å². The highest BCUT2D eigenvalue weighted by Gasteiger charge is 2.19. The minimum atomic E-state index is -1.18. The molecule has 2 aromatic rings. The molecule has 0 aromatic heterocycles. The van der Waals surface area contributed by atoms with E-state index >= 15 is 0 Å². The average molecular weight is 395 g/mol. The summed E-state index contributed by atoms with van der Waals surface area (Å²) in [6.45, 7) is 0.798. The first kappa shape index (κ1) is 20.2. The molecule has 0 aliphatic carbocycles. The van der Waals surface area contributed by atoms with Gasteiger partial charge in [-0.05, 0) is 37.3 Å². The summed E-state index contributed by atoms with van der Waals surface area (Å²) in [5, 5.41) is -0.00258. The van der Waals surface area contributed by atoms with Crippen molar-refractivity contribution in [2.45, 2.75) is 13.0 Å². The summed E-state index contributed by atoms with van der Waals surface area (Å²) in [5.41, 5.74) is 4.72. The molecule has 0 saturated heterocycles. The number of halogens is 2. The molecule has 0 aliphatic heterocycles. The molecule has 142 valence electrons. The summed E-state index contributed by atoms with van der Waals surface area (Å²) >= 11 is 5.77. The van der Waals surface area contributed by atoms with Gasteiger partial charge in [0.05, 0.1) is 5.02 Å². The fourth-order valence-electron chi connectivity index (χ4n) is 1.90. The summed E-state index contributed by atoms with van der Waals surface area (Å²) in [4.78, 5) is 35.4. The summed E-state index contributed by atoms with van der Waals surface area (Å²) in [7, 11) is 0. The molecular formula is C18H16ClFN2O5. The van der Waals surface area contributed by atoms with Crippen LogP contribution in [0.2, 0.25) is 5.02 Å². The molecule has 0 heterocycles. The quantitative estimate of drug-likeness (QED) is 0.579. The third kappa shape index (κ3) is 6.27. The first-order valence-electron chi connectivity index (χ1n) is 7.79. The number of rotatable bonds is 6. The van der Waals surface area contributed by atoms with Crippen molar-refractivity contribution < 1.29 is 28.2 Å². The predicted molar refractivity (Wildman–Crippen MR) is 94.5 cm³/mol. The zero-order valence-electron chi connectivity index (χ0n) is 14.2. The lowest BCUT2D eigenvalue weighted by Crippen LogP contribution is -2.47. The van der Waals surface area contributed by atoms with Crippen molar-refractivity contribution >= 4 is 29.4 Å². The molecule has 1 atom stereocenters. The van der Waals surface area contributed by atoms with Crippen LogP contribution in [0.15, 0.2) is 48.5 Å². The van der Waals surface area contributed by atoms with E-state index in [0.29, 0.717) is 5.56 Å². The average Bonchev–Trinajstić information content (AvgIpc) is 2.65. The molecule has 0 aliphatic rings. The molecule has 9 heteroatoms. The van der Waals surface area contributed by atoms with Gasteiger partial charge < -0.3 is 9.47 Å². The maximum Gasteiger partial charge on any atom is 0.344 e. The number of hydrogen-bond acceptors (Lipinski definition) is 5. The molecule has 0 radical (unpaired) electrons. The van der Waals surface area contributed by atoms with E-state index in [2.05, 4.69) is 10.9 Å². The number of ether oxygens (including phenoxy) is 2. The summed E-state index contributed by atoms with van der Waals surface area (Å²) in [5.74, 6) is -2.53. The van der Waals surface area contributed by atoms with E-state index in [9.17, 15) is 18.8 Å². The Balaban J connectivity index is 1.76. The van der Waals surface area contributed by atoms with Crippen LogP contribution in [0.25, 0.3) is 0 Å². The monoisotopic (exact) mass is 394 g/mol. The van der Waals surface area contributed by atoms with Crippen molar-refractivity contribution in [2.75, 3.05) is 6.61 Å². The van der Waals surface area contributed by atoms with Gasteiger partial charge in [-0.15, -0.1) is 0 Å². The fraction of sp³-hybridized carbons (Fsp3) is 0.167. The Labute approximate surface area is 159 Å². The standard InChI is InChI=1S/C18H16ClFN2O5/c1-11(17(24)21-22-18(25)12-5-3-2-4-6-12)27-16(23)10-26-15-8-7-13(20)9-14(15)19/h2-9,11H,10H2,1H3,(H,21,24)(H,22,25)/t11-/m0/s1. The van der Waals surface area contributed by atoms with Crippen LogP contribution in [0, 0.1) is 5.82 Å². The van der Waals surface area contributed by atoms with Gasteiger partial charge >= 0.3 is 5.97 Å². The van der Waals surface area contributed by atoms with Crippen LogP contribution in [0.4, 0.5) is 4.39 Å². The number of hydrazine groups is 1. The topological polar surface area (TPSA) is 93.7 Å². The minimum Gasteiger partial charge on any atom is -0.480 e. The third-order valence-electron chi connectivity index (χ3n) is 3.25. The van der Waals surface area contributed by atoms with Crippen molar-refractivity contribution in [2.24, 2.45) is 0 Å². The lowest BCUT2D eigenvalue weighted by molar-refractivity contribution is -0.156. The van der Waals surface area contributed by atoms with Gasteiger partial charge in [0.1, 0.15) is 11.6 Å². The fourth-order valence-corrected chi connectivity index (χ4v) is 2.12. The predicted octanol–water partition coefficient (Wildman–Crippen LogP) is 2.25. The molecule has 2 amide bonds. The highest BCUT2D eigenvalue weighted by molar-refractivity contribution is 6.32. The van der Waals surface area contributed by atoms with Crippen LogP contribution in [0.3, 0.4) is 0 Å². The largest absolute Gasteiger partial charge is 0.480 e. The van der Waals surface area contributed by atoms with Gasteiger partial charge in [0.25, 0.3) is 11.8 Å². The lowest BCUT2D eigenvalue weighted by Gasteiger charge is -2.14. The van der Waals surface area contributed by atoms with E-state index in [-0.39, 0.29) is 10.8 Å². The van der Waals surface area contributed by atoms with Gasteiger partial charge in [-0.2, -0.15) is 0 Å². The normalized spacial score (nSPS) is 11.2. The lowest BCUT2D eigenvalue weighted by atomic mass is 10.2. The van der Waals surface area contributed by atoms with Crippen molar-refractivity contribution in [1.82, 2.24) is 10.9 Å². The Morgan fingerprint density at radius 1 is 1.11 bits per heavy atom. The third-order valence-corrected chi connectivity index (χ3v) is 3.55. The second-order valence-electron chi connectivity index (χ2n) is 5.30. The number of benzene rings is 2. The Morgan fingerprint density at radius 2 is 1.81 bits per heavy atom. The smallest absolute Gasteiger partial charge is 0.344 e. The zero-order valence-corrected chi connectivity index (χ0v) is 15.0. The number of carbonyl (C=O) groups is 3. The van der Waals surface area contributed by atoms with Gasteiger partial charge in [-0.1, -0.05) is 29.8 Å². The second kappa shape index (κ2) is 9.54. The minimum absolute atomic E-state index is 0.00258. The highest BCUT2D eigenvalue weighted by Crippen LogP contribution is 2.24. The molecule has 27 heavy (non-hydrogen) atoms. The maximum atomic E-state index is 12.9. The Morgan fingerprint density at radius 3 is 2.48 bits per heavy atom. The van der Waals surface area contributed by atoms with E-state index in [1.165, 1.54) is 13.0 Å². The van der Waals surface area contributed by atoms with E-state index in [0.717, 1.165) is 12.1 Å². The van der Waals surface area contributed by atoms with Crippen LogP contribution in [0.5, 0.6) is 5.75 Å². The maximum absolute atomic E-state index is 12.9. The van der Waals surface area contributed by atoms with Crippen LogP contribution in [-0.2, 0) is 14.3 Å². The van der Waals surface area contributed by atoms with Gasteiger partial charge in [0.2, 0.25) is 0 Å². The Bertz CT molecular complexity index is 832. The van der Waals surface area contributed by atoms with Gasteiger partial charge in [0, 0.05) is 5.56 Å². The summed E-state index contributed by atoms with van der Waals surface area (Å²) in [6, 6.07) is 11.7. The Hall–Kier alpha value is -3.13. The zero-order chi connectivity index (χ0) is 19.8. The van der Waals surface area contributed by atoms with Gasteiger partial charge in [-0.3, -0.25) is 20.4 Å². The van der Waals surface area contributed by atoms with Crippen LogP contribution >= 0.6 is 11.6 Å². The van der Waals surface area contributed by atoms with E-state index in [4.69, 9.17) is 21.1 Å². The molecular weight excluding hydrogens is 379 g/mol. The van der Waals surface area contributed by atoms with Crippen LogP contribution in [0.1, 0.15) is 17.3 Å². The molecule has 0 unspecified atom stereocenters. The molecule has 2 rings (SSSR count). The van der Waals surface area contributed by atoms with Crippen molar-refractivity contribution in [3.05, 3.63) is 64.9 Å². The van der Waals surface area contributed by atoms with Gasteiger partial charge in [0.15, 0.2) is 12.7 Å². The molecule has 0 spiro atoms. The number of esters is 1. The summed E-state index contributed by atoms with van der Waals surface area (Å²) in [6.07, 6.45) is -1.18. The molecule has 7 nitrogen and oxygen atoms in total. The number of nitrogens with one attached hydrogen (secondary N) is 2. The summed E-state index contributed by atoms with van der Waals surface area (Å²) < 4.78 is 22.9. The van der Waals surface area contributed by atoms with Gasteiger partial charge in [-0.25, -0.2) is 9.18 Å². The molecule has 2 aromatic carbocycles. The van der Waals surface area contributed by atoms with E-state index in [1.807, 2.05) is 0 Å². The second-order valence-corrected chi connectivity index (χ2v) is 5.71. The van der Waals surface area contributed by atoms with Crippen LogP contribution < -0.4 is 15.6 Å². The number of hydrogen-bond donors (Lipinski definition) is 2. The molecule has 0 saturated carbocycles. The van der Waals surface area contributed by atoms with Crippen molar-refractivity contribution in [3.8, 4) is 5.75 Å². The van der Waals surface area contributed by atoms with Crippen molar-refractivity contribution in [1.29, 1.82) is 0 Å². The molecule has 0 bridgehead atoms. The first-order chi connectivity index (χ1) is 12.9. The highest BCUT2D eigenvalue weighted by atomic mass is 35.5. The van der Waals surface area contributed by atoms with Crippen molar-refractivity contribution in [3.63, 3.8) is 0 Å². The van der Waals surface area contributed by atoms with E-state index in [1.54, 1.807) is 30.3 Å².